The number of nitrogens with zero attached hydrogens (tertiary/aromatic N) is 1. The van der Waals surface area contributed by atoms with Crippen molar-refractivity contribution in [2.75, 3.05) is 23.7 Å². The predicted octanol–water partition coefficient (Wildman–Crippen LogP) is 3.09. The molecule has 6 heteroatoms. The van der Waals surface area contributed by atoms with E-state index in [0.717, 1.165) is 16.7 Å². The Morgan fingerprint density at radius 2 is 1.53 bits per heavy atom. The Hall–Kier alpha value is -0.170. The summed E-state index contributed by atoms with van der Waals surface area (Å²) in [7, 11) is -3.39. The van der Waals surface area contributed by atoms with Crippen LogP contribution >= 0.6 is 31.9 Å². The molecule has 0 aliphatic carbocycles. The van der Waals surface area contributed by atoms with E-state index >= 15 is 0 Å². The molecule has 0 saturated heterocycles. The molecule has 19 heavy (non-hydrogen) atoms. The van der Waals surface area contributed by atoms with Crippen molar-refractivity contribution in [2.45, 2.75) is 11.8 Å². The Kier molecular flexibility index (Phi) is 4.87. The van der Waals surface area contributed by atoms with E-state index in [1.165, 1.54) is 4.31 Å². The SMILES string of the molecule is Cc1ccc(S(=O)(=O)N2CC(CBr)=C(CBr)C2)cc1. The number of hydrogen-bond donors (Lipinski definition) is 0. The first-order valence-corrected chi connectivity index (χ1v) is 9.56. The molecule has 1 aliphatic heterocycles. The molecule has 3 nitrogen and oxygen atoms in total. The highest BCUT2D eigenvalue weighted by Crippen LogP contribution is 2.26. The van der Waals surface area contributed by atoms with Gasteiger partial charge in [-0.05, 0) is 30.2 Å². The van der Waals surface area contributed by atoms with Crippen molar-refractivity contribution in [3.8, 4) is 0 Å². The van der Waals surface area contributed by atoms with Gasteiger partial charge in [-0.15, -0.1) is 0 Å². The number of rotatable bonds is 4. The molecule has 1 aliphatic rings. The molecule has 0 atom stereocenters. The van der Waals surface area contributed by atoms with Crippen LogP contribution in [0.3, 0.4) is 0 Å². The molecule has 1 aromatic rings. The molecule has 0 N–H and O–H groups in total. The van der Waals surface area contributed by atoms with E-state index in [1.54, 1.807) is 12.1 Å². The molecule has 1 aromatic carbocycles. The molecule has 0 bridgehead atoms. The molecule has 0 amide bonds. The number of benzene rings is 1. The summed E-state index contributed by atoms with van der Waals surface area (Å²) in [6, 6.07) is 7.00. The van der Waals surface area contributed by atoms with Gasteiger partial charge in [0.25, 0.3) is 0 Å². The third-order valence-electron chi connectivity index (χ3n) is 3.22. The second-order valence-electron chi connectivity index (χ2n) is 4.56. The molecular formula is C13H15Br2NO2S. The van der Waals surface area contributed by atoms with Crippen LogP contribution in [0.5, 0.6) is 0 Å². The zero-order valence-corrected chi connectivity index (χ0v) is 14.6. The molecule has 0 saturated carbocycles. The van der Waals surface area contributed by atoms with E-state index in [-0.39, 0.29) is 0 Å². The number of sulfonamides is 1. The standard InChI is InChI=1S/C13H15Br2NO2S/c1-10-2-4-13(5-3-10)19(17,18)16-8-11(6-14)12(7-15)9-16/h2-5H,6-9H2,1H3. The molecule has 0 spiro atoms. The summed E-state index contributed by atoms with van der Waals surface area (Å²) in [4.78, 5) is 0.364. The third kappa shape index (κ3) is 3.12. The fourth-order valence-corrected chi connectivity index (χ4v) is 4.59. The Morgan fingerprint density at radius 1 is 1.05 bits per heavy atom. The van der Waals surface area contributed by atoms with Gasteiger partial charge in [-0.25, -0.2) is 8.42 Å². The Morgan fingerprint density at radius 3 is 1.95 bits per heavy atom. The Balaban J connectivity index is 2.26. The van der Waals surface area contributed by atoms with Crippen LogP contribution in [0, 0.1) is 6.92 Å². The van der Waals surface area contributed by atoms with Gasteiger partial charge in [0.1, 0.15) is 0 Å². The summed E-state index contributed by atoms with van der Waals surface area (Å²) < 4.78 is 26.6. The highest BCUT2D eigenvalue weighted by Gasteiger charge is 2.31. The molecule has 0 aromatic heterocycles. The smallest absolute Gasteiger partial charge is 0.207 e. The quantitative estimate of drug-likeness (QED) is 0.567. The molecule has 104 valence electrons. The zero-order chi connectivity index (χ0) is 14.0. The maximum Gasteiger partial charge on any atom is 0.243 e. The maximum absolute atomic E-state index is 12.5. The Labute approximate surface area is 131 Å². The average molecular weight is 409 g/mol. The first-order chi connectivity index (χ1) is 8.98. The van der Waals surface area contributed by atoms with Crippen LogP contribution in [-0.2, 0) is 10.0 Å². The summed E-state index contributed by atoms with van der Waals surface area (Å²) in [6.07, 6.45) is 0. The summed E-state index contributed by atoms with van der Waals surface area (Å²) in [5.74, 6) is 0. The van der Waals surface area contributed by atoms with Gasteiger partial charge >= 0.3 is 0 Å². The minimum Gasteiger partial charge on any atom is -0.207 e. The minimum atomic E-state index is -3.39. The van der Waals surface area contributed by atoms with Crippen LogP contribution < -0.4 is 0 Å². The lowest BCUT2D eigenvalue weighted by Gasteiger charge is -2.16. The van der Waals surface area contributed by atoms with E-state index in [1.807, 2.05) is 19.1 Å². The molecule has 0 unspecified atom stereocenters. The average Bonchev–Trinajstić information content (AvgIpc) is 2.83. The number of aryl methyl sites for hydroxylation is 1. The van der Waals surface area contributed by atoms with Crippen molar-refractivity contribution in [3.63, 3.8) is 0 Å². The summed E-state index contributed by atoms with van der Waals surface area (Å²) in [5, 5.41) is 1.43. The van der Waals surface area contributed by atoms with E-state index < -0.39 is 10.0 Å². The van der Waals surface area contributed by atoms with Gasteiger partial charge < -0.3 is 0 Å². The van der Waals surface area contributed by atoms with Crippen molar-refractivity contribution < 1.29 is 8.42 Å². The molecule has 0 radical (unpaired) electrons. The van der Waals surface area contributed by atoms with Gasteiger partial charge in [0.2, 0.25) is 10.0 Å². The van der Waals surface area contributed by atoms with Crippen molar-refractivity contribution in [2.24, 2.45) is 0 Å². The van der Waals surface area contributed by atoms with E-state index in [9.17, 15) is 8.42 Å². The monoisotopic (exact) mass is 407 g/mol. The van der Waals surface area contributed by atoms with Crippen LogP contribution in [0.25, 0.3) is 0 Å². The zero-order valence-electron chi connectivity index (χ0n) is 10.6. The van der Waals surface area contributed by atoms with Gasteiger partial charge in [-0.3, -0.25) is 0 Å². The second-order valence-corrected chi connectivity index (χ2v) is 7.62. The van der Waals surface area contributed by atoms with Crippen LogP contribution in [0.2, 0.25) is 0 Å². The highest BCUT2D eigenvalue weighted by atomic mass is 79.9. The Bertz CT molecular complexity index is 578. The van der Waals surface area contributed by atoms with Gasteiger partial charge in [-0.2, -0.15) is 4.31 Å². The largest absolute Gasteiger partial charge is 0.243 e. The van der Waals surface area contributed by atoms with E-state index in [4.69, 9.17) is 0 Å². The highest BCUT2D eigenvalue weighted by molar-refractivity contribution is 9.09. The molecule has 2 rings (SSSR count). The third-order valence-corrected chi connectivity index (χ3v) is 6.38. The lowest BCUT2D eigenvalue weighted by atomic mass is 10.2. The van der Waals surface area contributed by atoms with Crippen molar-refractivity contribution >= 4 is 41.9 Å². The number of hydrogen-bond acceptors (Lipinski definition) is 2. The number of halogens is 2. The molecule has 0 fully saturated rings. The summed E-state index contributed by atoms with van der Waals surface area (Å²) in [6.45, 7) is 2.89. The predicted molar refractivity (Wildman–Crippen MR) is 84.6 cm³/mol. The van der Waals surface area contributed by atoms with Gasteiger partial charge in [0.15, 0.2) is 0 Å². The van der Waals surface area contributed by atoms with Gasteiger partial charge in [0.05, 0.1) is 4.90 Å². The van der Waals surface area contributed by atoms with Crippen LogP contribution in [0.1, 0.15) is 5.56 Å². The van der Waals surface area contributed by atoms with E-state index in [2.05, 4.69) is 31.9 Å². The second kappa shape index (κ2) is 6.08. The van der Waals surface area contributed by atoms with Crippen molar-refractivity contribution in [1.82, 2.24) is 4.31 Å². The molecular weight excluding hydrogens is 394 g/mol. The normalized spacial score (nSPS) is 17.2. The first kappa shape index (κ1) is 15.2. The minimum absolute atomic E-state index is 0.364. The maximum atomic E-state index is 12.5. The van der Waals surface area contributed by atoms with Crippen molar-refractivity contribution in [3.05, 3.63) is 41.0 Å². The van der Waals surface area contributed by atoms with Crippen molar-refractivity contribution in [1.29, 1.82) is 0 Å². The van der Waals surface area contributed by atoms with Crippen LogP contribution in [-0.4, -0.2) is 36.5 Å². The van der Waals surface area contributed by atoms with Crippen LogP contribution in [0.15, 0.2) is 40.3 Å². The first-order valence-electron chi connectivity index (χ1n) is 5.87. The fraction of sp³-hybridized carbons (Fsp3) is 0.385. The summed E-state index contributed by atoms with van der Waals surface area (Å²) >= 11 is 6.83. The van der Waals surface area contributed by atoms with Crippen LogP contribution in [0.4, 0.5) is 0 Å². The number of alkyl halides is 2. The summed E-state index contributed by atoms with van der Waals surface area (Å²) in [5.41, 5.74) is 3.35. The fourth-order valence-electron chi connectivity index (χ4n) is 2.01. The van der Waals surface area contributed by atoms with Gasteiger partial charge in [0, 0.05) is 23.7 Å². The lowest BCUT2D eigenvalue weighted by molar-refractivity contribution is 0.481. The molecule has 1 heterocycles. The van der Waals surface area contributed by atoms with E-state index in [0.29, 0.717) is 28.6 Å². The topological polar surface area (TPSA) is 37.4 Å². The lowest BCUT2D eigenvalue weighted by Crippen LogP contribution is -2.29. The van der Waals surface area contributed by atoms with Gasteiger partial charge in [-0.1, -0.05) is 49.6 Å².